The Kier molecular flexibility index (Phi) is 5.04. The Morgan fingerprint density at radius 2 is 1.70 bits per heavy atom. The topological polar surface area (TPSA) is 20.3 Å². The zero-order valence-electron chi connectivity index (χ0n) is 11.1. The second-order valence-corrected chi connectivity index (χ2v) is 5.64. The molecule has 0 saturated carbocycles. The summed E-state index contributed by atoms with van der Waals surface area (Å²) in [4.78, 5) is 14.0. The SMILES string of the molecule is CN(CC(=O)c1ccc(F)cc1)Cc1ccc(Br)cc1. The van der Waals surface area contributed by atoms with Gasteiger partial charge in [0.2, 0.25) is 0 Å². The largest absolute Gasteiger partial charge is 0.295 e. The fourth-order valence-corrected chi connectivity index (χ4v) is 2.19. The first-order valence-electron chi connectivity index (χ1n) is 6.26. The molecule has 0 aliphatic heterocycles. The van der Waals surface area contributed by atoms with Crippen molar-refractivity contribution in [3.05, 3.63) is 69.9 Å². The molecule has 2 rings (SSSR count). The van der Waals surface area contributed by atoms with E-state index in [1.807, 2.05) is 36.2 Å². The smallest absolute Gasteiger partial charge is 0.176 e. The molecule has 2 nitrogen and oxygen atoms in total. The number of carbonyl (C=O) groups is 1. The number of hydrogen-bond acceptors (Lipinski definition) is 2. The van der Waals surface area contributed by atoms with Gasteiger partial charge in [0.1, 0.15) is 5.82 Å². The van der Waals surface area contributed by atoms with Crippen LogP contribution in [-0.4, -0.2) is 24.3 Å². The third-order valence-electron chi connectivity index (χ3n) is 2.95. The highest BCUT2D eigenvalue weighted by Gasteiger charge is 2.09. The molecule has 0 aliphatic carbocycles. The van der Waals surface area contributed by atoms with Crippen LogP contribution < -0.4 is 0 Å². The zero-order valence-corrected chi connectivity index (χ0v) is 12.7. The van der Waals surface area contributed by atoms with Gasteiger partial charge in [0.05, 0.1) is 6.54 Å². The van der Waals surface area contributed by atoms with Crippen LogP contribution in [0.25, 0.3) is 0 Å². The number of ketones is 1. The molecule has 0 aromatic heterocycles. The summed E-state index contributed by atoms with van der Waals surface area (Å²) in [7, 11) is 1.89. The molecule has 0 bridgehead atoms. The van der Waals surface area contributed by atoms with Gasteiger partial charge >= 0.3 is 0 Å². The van der Waals surface area contributed by atoms with Crippen molar-refractivity contribution in [3.63, 3.8) is 0 Å². The zero-order chi connectivity index (χ0) is 14.5. The number of benzene rings is 2. The van der Waals surface area contributed by atoms with Gasteiger partial charge in [-0.15, -0.1) is 0 Å². The van der Waals surface area contributed by atoms with Crippen molar-refractivity contribution in [3.8, 4) is 0 Å². The Hall–Kier alpha value is -1.52. The highest BCUT2D eigenvalue weighted by molar-refractivity contribution is 9.10. The molecule has 0 amide bonds. The first kappa shape index (κ1) is 14.9. The van der Waals surface area contributed by atoms with Crippen LogP contribution in [0.15, 0.2) is 53.0 Å². The van der Waals surface area contributed by atoms with Crippen LogP contribution in [0.3, 0.4) is 0 Å². The van der Waals surface area contributed by atoms with Crippen molar-refractivity contribution in [2.24, 2.45) is 0 Å². The molecule has 0 radical (unpaired) electrons. The van der Waals surface area contributed by atoms with Gasteiger partial charge in [-0.05, 0) is 49.0 Å². The van der Waals surface area contributed by atoms with Gasteiger partial charge < -0.3 is 0 Å². The molecule has 0 unspecified atom stereocenters. The number of halogens is 2. The monoisotopic (exact) mass is 335 g/mol. The average molecular weight is 336 g/mol. The van der Waals surface area contributed by atoms with Crippen molar-refractivity contribution >= 4 is 21.7 Å². The molecule has 0 heterocycles. The fraction of sp³-hybridized carbons (Fsp3) is 0.188. The molecule has 0 fully saturated rings. The van der Waals surface area contributed by atoms with E-state index in [0.717, 1.165) is 10.0 Å². The van der Waals surface area contributed by atoms with Gasteiger partial charge in [0.15, 0.2) is 5.78 Å². The number of likely N-dealkylation sites (N-methyl/N-ethyl adjacent to an activating group) is 1. The average Bonchev–Trinajstić information content (AvgIpc) is 2.42. The summed E-state index contributed by atoms with van der Waals surface area (Å²) in [6.45, 7) is 1.00. The van der Waals surface area contributed by atoms with E-state index in [0.29, 0.717) is 18.7 Å². The first-order chi connectivity index (χ1) is 9.54. The molecule has 0 aliphatic rings. The third kappa shape index (κ3) is 4.25. The highest BCUT2D eigenvalue weighted by Crippen LogP contribution is 2.12. The molecule has 2 aromatic carbocycles. The fourth-order valence-electron chi connectivity index (χ4n) is 1.93. The summed E-state index contributed by atoms with van der Waals surface area (Å²) in [5, 5.41) is 0. The number of rotatable bonds is 5. The van der Waals surface area contributed by atoms with E-state index in [-0.39, 0.29) is 11.6 Å². The van der Waals surface area contributed by atoms with E-state index in [9.17, 15) is 9.18 Å². The molecule has 0 saturated heterocycles. The minimum Gasteiger partial charge on any atom is -0.295 e. The lowest BCUT2D eigenvalue weighted by atomic mass is 10.1. The van der Waals surface area contributed by atoms with Crippen molar-refractivity contribution in [1.82, 2.24) is 4.90 Å². The second-order valence-electron chi connectivity index (χ2n) is 4.73. The number of Topliss-reactive ketones (excluding diaryl/α,β-unsaturated/α-hetero) is 1. The van der Waals surface area contributed by atoms with Crippen LogP contribution in [0.2, 0.25) is 0 Å². The van der Waals surface area contributed by atoms with Gasteiger partial charge in [-0.3, -0.25) is 9.69 Å². The Bertz CT molecular complexity index is 580. The summed E-state index contributed by atoms with van der Waals surface area (Å²) in [5.41, 5.74) is 1.68. The number of carbonyl (C=O) groups excluding carboxylic acids is 1. The first-order valence-corrected chi connectivity index (χ1v) is 7.05. The molecule has 2 aromatic rings. The minimum absolute atomic E-state index is 0.00962. The molecule has 0 spiro atoms. The van der Waals surface area contributed by atoms with E-state index in [1.54, 1.807) is 0 Å². The molecule has 0 atom stereocenters. The molecule has 0 N–H and O–H groups in total. The molecular formula is C16H15BrFNO. The van der Waals surface area contributed by atoms with E-state index >= 15 is 0 Å². The maximum Gasteiger partial charge on any atom is 0.176 e. The van der Waals surface area contributed by atoms with Crippen LogP contribution in [0.5, 0.6) is 0 Å². The van der Waals surface area contributed by atoms with Gasteiger partial charge in [0, 0.05) is 16.6 Å². The van der Waals surface area contributed by atoms with Crippen molar-refractivity contribution in [2.75, 3.05) is 13.6 Å². The molecule has 4 heteroatoms. The summed E-state index contributed by atoms with van der Waals surface area (Å²) < 4.78 is 13.8. The maximum absolute atomic E-state index is 12.8. The maximum atomic E-state index is 12.8. The second kappa shape index (κ2) is 6.77. The predicted octanol–water partition coefficient (Wildman–Crippen LogP) is 3.90. The van der Waals surface area contributed by atoms with Gasteiger partial charge in [-0.25, -0.2) is 4.39 Å². The van der Waals surface area contributed by atoms with Crippen molar-refractivity contribution < 1.29 is 9.18 Å². The normalized spacial score (nSPS) is 10.8. The summed E-state index contributed by atoms with van der Waals surface area (Å²) in [6, 6.07) is 13.6. The van der Waals surface area contributed by atoms with Crippen LogP contribution in [0.1, 0.15) is 15.9 Å². The predicted molar refractivity (Wildman–Crippen MR) is 81.2 cm³/mol. The molecule has 20 heavy (non-hydrogen) atoms. The highest BCUT2D eigenvalue weighted by atomic mass is 79.9. The van der Waals surface area contributed by atoms with Crippen LogP contribution >= 0.6 is 15.9 Å². The lowest BCUT2D eigenvalue weighted by molar-refractivity contribution is 0.0943. The van der Waals surface area contributed by atoms with E-state index in [1.165, 1.54) is 24.3 Å². The van der Waals surface area contributed by atoms with E-state index in [2.05, 4.69) is 15.9 Å². The van der Waals surface area contributed by atoms with E-state index in [4.69, 9.17) is 0 Å². The third-order valence-corrected chi connectivity index (χ3v) is 3.47. The summed E-state index contributed by atoms with van der Waals surface area (Å²) >= 11 is 3.39. The number of hydrogen-bond donors (Lipinski definition) is 0. The summed E-state index contributed by atoms with van der Waals surface area (Å²) in [6.07, 6.45) is 0. The molecule has 104 valence electrons. The summed E-state index contributed by atoms with van der Waals surface area (Å²) in [5.74, 6) is -0.339. The van der Waals surface area contributed by atoms with Gasteiger partial charge in [-0.1, -0.05) is 28.1 Å². The lowest BCUT2D eigenvalue weighted by Gasteiger charge is -2.16. The quantitative estimate of drug-likeness (QED) is 0.772. The minimum atomic E-state index is -0.329. The van der Waals surface area contributed by atoms with Gasteiger partial charge in [0.25, 0.3) is 0 Å². The van der Waals surface area contributed by atoms with E-state index < -0.39 is 0 Å². The van der Waals surface area contributed by atoms with Crippen molar-refractivity contribution in [1.29, 1.82) is 0 Å². The van der Waals surface area contributed by atoms with Crippen LogP contribution in [-0.2, 0) is 6.54 Å². The van der Waals surface area contributed by atoms with Crippen molar-refractivity contribution in [2.45, 2.75) is 6.54 Å². The van der Waals surface area contributed by atoms with Crippen LogP contribution in [0, 0.1) is 5.82 Å². The Morgan fingerprint density at radius 1 is 1.10 bits per heavy atom. The van der Waals surface area contributed by atoms with Crippen LogP contribution in [0.4, 0.5) is 4.39 Å². The Labute approximate surface area is 126 Å². The van der Waals surface area contributed by atoms with Gasteiger partial charge in [-0.2, -0.15) is 0 Å². The number of nitrogens with zero attached hydrogens (tertiary/aromatic N) is 1. The molecular weight excluding hydrogens is 321 g/mol. The Morgan fingerprint density at radius 3 is 2.30 bits per heavy atom. The lowest BCUT2D eigenvalue weighted by Crippen LogP contribution is -2.25. The standard InChI is InChI=1S/C16H15BrFNO/c1-19(10-12-2-6-14(17)7-3-12)11-16(20)13-4-8-15(18)9-5-13/h2-9H,10-11H2,1H3. The Balaban J connectivity index is 1.93.